The van der Waals surface area contributed by atoms with Crippen LogP contribution in [0.15, 0.2) is 18.3 Å². The van der Waals surface area contributed by atoms with E-state index in [9.17, 15) is 4.79 Å². The second-order valence-electron chi connectivity index (χ2n) is 2.53. The average molecular weight is 190 g/mol. The molecule has 0 amide bonds. The third-order valence-electron chi connectivity index (χ3n) is 1.55. The van der Waals surface area contributed by atoms with Crippen molar-refractivity contribution in [2.45, 2.75) is 6.92 Å². The summed E-state index contributed by atoms with van der Waals surface area (Å²) in [6.45, 7) is 2.10. The Morgan fingerprint density at radius 1 is 1.79 bits per heavy atom. The SMILES string of the molecule is CCOC(=O)c1cc(C=CC#N)c[nH]1. The predicted molar refractivity (Wildman–Crippen MR) is 51.4 cm³/mol. The van der Waals surface area contributed by atoms with E-state index >= 15 is 0 Å². The molecule has 0 aliphatic heterocycles. The number of nitriles is 1. The second kappa shape index (κ2) is 4.87. The maximum Gasteiger partial charge on any atom is 0.354 e. The minimum atomic E-state index is -0.385. The number of aromatic nitrogens is 1. The zero-order valence-electron chi connectivity index (χ0n) is 7.78. The van der Waals surface area contributed by atoms with Crippen molar-refractivity contribution in [3.8, 4) is 6.07 Å². The van der Waals surface area contributed by atoms with E-state index in [1.807, 2.05) is 6.07 Å². The van der Waals surface area contributed by atoms with Gasteiger partial charge >= 0.3 is 5.97 Å². The standard InChI is InChI=1S/C10H10N2O2/c1-2-14-10(13)9-6-8(7-12-9)4-3-5-11/h3-4,6-7,12H,2H2,1H3. The van der Waals surface area contributed by atoms with Crippen molar-refractivity contribution in [3.63, 3.8) is 0 Å². The van der Waals surface area contributed by atoms with Crippen molar-refractivity contribution in [1.29, 1.82) is 5.26 Å². The maximum atomic E-state index is 11.2. The first kappa shape index (κ1) is 10.1. The Morgan fingerprint density at radius 3 is 3.21 bits per heavy atom. The van der Waals surface area contributed by atoms with E-state index in [-0.39, 0.29) is 5.97 Å². The number of rotatable bonds is 3. The Kier molecular flexibility index (Phi) is 3.50. The summed E-state index contributed by atoms with van der Waals surface area (Å²) >= 11 is 0. The summed E-state index contributed by atoms with van der Waals surface area (Å²) in [6.07, 6.45) is 4.59. The molecule has 4 nitrogen and oxygen atoms in total. The fourth-order valence-corrected chi connectivity index (χ4v) is 0.967. The van der Waals surface area contributed by atoms with Crippen molar-refractivity contribution in [1.82, 2.24) is 4.98 Å². The lowest BCUT2D eigenvalue weighted by atomic mass is 10.3. The normalized spacial score (nSPS) is 10.0. The Bertz CT molecular complexity index is 385. The molecular formula is C10H10N2O2. The van der Waals surface area contributed by atoms with Crippen molar-refractivity contribution in [2.75, 3.05) is 6.61 Å². The quantitative estimate of drug-likeness (QED) is 0.583. The number of H-pyrrole nitrogens is 1. The molecule has 0 spiro atoms. The van der Waals surface area contributed by atoms with Crippen LogP contribution in [0.1, 0.15) is 23.0 Å². The highest BCUT2D eigenvalue weighted by Crippen LogP contribution is 2.06. The number of hydrogen-bond donors (Lipinski definition) is 1. The molecule has 4 heteroatoms. The number of aromatic amines is 1. The van der Waals surface area contributed by atoms with E-state index in [4.69, 9.17) is 10.00 Å². The molecule has 1 aromatic heterocycles. The lowest BCUT2D eigenvalue weighted by Crippen LogP contribution is -2.04. The molecule has 0 saturated carbocycles. The molecule has 0 aliphatic rings. The number of allylic oxidation sites excluding steroid dienone is 1. The molecule has 1 N–H and O–H groups in total. The second-order valence-corrected chi connectivity index (χ2v) is 2.53. The van der Waals surface area contributed by atoms with Gasteiger partial charge in [-0.15, -0.1) is 0 Å². The Balaban J connectivity index is 2.73. The van der Waals surface area contributed by atoms with Crippen LogP contribution in [0.25, 0.3) is 6.08 Å². The largest absolute Gasteiger partial charge is 0.461 e. The summed E-state index contributed by atoms with van der Waals surface area (Å²) in [5, 5.41) is 8.29. The van der Waals surface area contributed by atoms with Crippen molar-refractivity contribution in [3.05, 3.63) is 29.6 Å². The fourth-order valence-electron chi connectivity index (χ4n) is 0.967. The van der Waals surface area contributed by atoms with Crippen LogP contribution in [-0.4, -0.2) is 17.6 Å². The molecule has 0 fully saturated rings. The number of carbonyl (C=O) groups excluding carboxylic acids is 1. The Labute approximate surface area is 81.8 Å². The highest BCUT2D eigenvalue weighted by molar-refractivity contribution is 5.88. The van der Waals surface area contributed by atoms with E-state index in [0.717, 1.165) is 5.56 Å². The molecule has 0 saturated heterocycles. The van der Waals surface area contributed by atoms with E-state index in [2.05, 4.69) is 4.98 Å². The highest BCUT2D eigenvalue weighted by Gasteiger charge is 2.07. The Morgan fingerprint density at radius 2 is 2.57 bits per heavy atom. The summed E-state index contributed by atoms with van der Waals surface area (Å²) in [5.41, 5.74) is 1.17. The van der Waals surface area contributed by atoms with Gasteiger partial charge in [-0.05, 0) is 24.6 Å². The number of esters is 1. The van der Waals surface area contributed by atoms with E-state index < -0.39 is 0 Å². The van der Waals surface area contributed by atoms with Gasteiger partial charge in [-0.3, -0.25) is 0 Å². The van der Waals surface area contributed by atoms with Crippen molar-refractivity contribution < 1.29 is 9.53 Å². The molecule has 0 unspecified atom stereocenters. The van der Waals surface area contributed by atoms with Gasteiger partial charge in [0.1, 0.15) is 5.69 Å². The molecule has 0 radical (unpaired) electrons. The number of carbonyl (C=O) groups is 1. The third kappa shape index (κ3) is 2.49. The van der Waals surface area contributed by atoms with Gasteiger partial charge in [-0.2, -0.15) is 5.26 Å². The molecular weight excluding hydrogens is 180 g/mol. The molecule has 0 aromatic carbocycles. The number of nitrogens with zero attached hydrogens (tertiary/aromatic N) is 1. The van der Waals surface area contributed by atoms with Crippen LogP contribution < -0.4 is 0 Å². The summed E-state index contributed by atoms with van der Waals surface area (Å²) in [7, 11) is 0. The molecule has 1 rings (SSSR count). The topological polar surface area (TPSA) is 65.9 Å². The lowest BCUT2D eigenvalue weighted by molar-refractivity contribution is 0.0520. The summed E-state index contributed by atoms with van der Waals surface area (Å²) < 4.78 is 4.79. The van der Waals surface area contributed by atoms with Gasteiger partial charge in [0.15, 0.2) is 0 Å². The van der Waals surface area contributed by atoms with Crippen LogP contribution in [0.4, 0.5) is 0 Å². The molecule has 1 heterocycles. The van der Waals surface area contributed by atoms with Crippen LogP contribution in [0.3, 0.4) is 0 Å². The van der Waals surface area contributed by atoms with Crippen molar-refractivity contribution in [2.24, 2.45) is 0 Å². The lowest BCUT2D eigenvalue weighted by Gasteiger charge is -1.96. The molecule has 72 valence electrons. The molecule has 1 aromatic rings. The minimum Gasteiger partial charge on any atom is -0.461 e. The first-order valence-electron chi connectivity index (χ1n) is 4.19. The van der Waals surface area contributed by atoms with Gasteiger partial charge in [0.05, 0.1) is 12.7 Å². The van der Waals surface area contributed by atoms with Crippen LogP contribution >= 0.6 is 0 Å². The summed E-state index contributed by atoms with van der Waals surface area (Å²) in [5.74, 6) is -0.385. The van der Waals surface area contributed by atoms with Gasteiger partial charge in [-0.1, -0.05) is 0 Å². The third-order valence-corrected chi connectivity index (χ3v) is 1.55. The molecule has 0 atom stereocenters. The number of ether oxygens (including phenoxy) is 1. The zero-order chi connectivity index (χ0) is 10.4. The van der Waals surface area contributed by atoms with E-state index in [1.165, 1.54) is 6.08 Å². The number of hydrogen-bond acceptors (Lipinski definition) is 3. The van der Waals surface area contributed by atoms with Gasteiger partial charge in [0, 0.05) is 12.3 Å². The Hall–Kier alpha value is -2.02. The molecule has 14 heavy (non-hydrogen) atoms. The van der Waals surface area contributed by atoms with Gasteiger partial charge < -0.3 is 9.72 Å². The van der Waals surface area contributed by atoms with Crippen LogP contribution in [-0.2, 0) is 4.74 Å². The van der Waals surface area contributed by atoms with E-state index in [1.54, 1.807) is 25.3 Å². The smallest absolute Gasteiger partial charge is 0.354 e. The zero-order valence-corrected chi connectivity index (χ0v) is 7.78. The maximum absolute atomic E-state index is 11.2. The highest BCUT2D eigenvalue weighted by atomic mass is 16.5. The van der Waals surface area contributed by atoms with Gasteiger partial charge in [0.25, 0.3) is 0 Å². The molecule has 0 bridgehead atoms. The summed E-state index contributed by atoms with van der Waals surface area (Å²) in [6, 6.07) is 3.50. The average Bonchev–Trinajstić information content (AvgIpc) is 2.63. The van der Waals surface area contributed by atoms with Gasteiger partial charge in [0.2, 0.25) is 0 Å². The summed E-state index contributed by atoms with van der Waals surface area (Å²) in [4.78, 5) is 14.0. The fraction of sp³-hybridized carbons (Fsp3) is 0.200. The first-order valence-corrected chi connectivity index (χ1v) is 4.19. The van der Waals surface area contributed by atoms with Crippen LogP contribution in [0.2, 0.25) is 0 Å². The first-order chi connectivity index (χ1) is 6.77. The minimum absolute atomic E-state index is 0.348. The van der Waals surface area contributed by atoms with Crippen LogP contribution in [0, 0.1) is 11.3 Å². The van der Waals surface area contributed by atoms with Crippen molar-refractivity contribution >= 4 is 12.0 Å². The van der Waals surface area contributed by atoms with Crippen LogP contribution in [0.5, 0.6) is 0 Å². The monoisotopic (exact) mass is 190 g/mol. The molecule has 0 aliphatic carbocycles. The van der Waals surface area contributed by atoms with E-state index in [0.29, 0.717) is 12.3 Å². The number of nitrogens with one attached hydrogen (secondary N) is 1. The predicted octanol–water partition coefficient (Wildman–Crippen LogP) is 1.73. The van der Waals surface area contributed by atoms with Gasteiger partial charge in [-0.25, -0.2) is 4.79 Å².